The first-order valence-corrected chi connectivity index (χ1v) is 7.28. The van der Waals surface area contributed by atoms with Gasteiger partial charge < -0.3 is 10.6 Å². The van der Waals surface area contributed by atoms with E-state index in [0.717, 1.165) is 12.8 Å². The Morgan fingerprint density at radius 2 is 1.71 bits per heavy atom. The van der Waals surface area contributed by atoms with E-state index in [1.165, 1.54) is 5.56 Å². The van der Waals surface area contributed by atoms with Gasteiger partial charge in [0, 0.05) is 12.6 Å². The fourth-order valence-electron chi connectivity index (χ4n) is 1.98. The fraction of sp³-hybridized carbons (Fsp3) is 0.400. The molecule has 1 aromatic carbocycles. The molecule has 0 aliphatic heterocycles. The average Bonchev–Trinajstić information content (AvgIpc) is 2.45. The number of aryl methyl sites for hydroxylation is 1. The van der Waals surface area contributed by atoms with Crippen LogP contribution in [0.15, 0.2) is 30.3 Å². The molecule has 2 N–H and O–H groups in total. The van der Waals surface area contributed by atoms with E-state index in [4.69, 9.17) is 11.6 Å². The Morgan fingerprint density at radius 3 is 2.38 bits per heavy atom. The van der Waals surface area contributed by atoms with Gasteiger partial charge in [-0.1, -0.05) is 30.3 Å². The van der Waals surface area contributed by atoms with Crippen molar-refractivity contribution in [1.29, 1.82) is 0 Å². The zero-order valence-corrected chi connectivity index (χ0v) is 13.3. The molecule has 0 unspecified atom stereocenters. The highest BCUT2D eigenvalue weighted by molar-refractivity contribution is 6.28. The van der Waals surface area contributed by atoms with Gasteiger partial charge in [-0.3, -0.25) is 0 Å². The third kappa shape index (κ3) is 4.86. The van der Waals surface area contributed by atoms with Crippen LogP contribution in [0.3, 0.4) is 0 Å². The summed E-state index contributed by atoms with van der Waals surface area (Å²) in [5.74, 6) is 0.939. The summed E-state index contributed by atoms with van der Waals surface area (Å²) in [6.45, 7) is 4.24. The van der Waals surface area contributed by atoms with Crippen LogP contribution < -0.4 is 10.6 Å². The van der Waals surface area contributed by atoms with E-state index in [0.29, 0.717) is 11.9 Å². The summed E-state index contributed by atoms with van der Waals surface area (Å²) >= 11 is 5.89. The van der Waals surface area contributed by atoms with Crippen LogP contribution in [0.1, 0.15) is 25.8 Å². The van der Waals surface area contributed by atoms with Gasteiger partial charge in [-0.05, 0) is 43.9 Å². The van der Waals surface area contributed by atoms with Gasteiger partial charge in [-0.15, -0.1) is 0 Å². The highest BCUT2D eigenvalue weighted by Gasteiger charge is 2.19. The van der Waals surface area contributed by atoms with Crippen molar-refractivity contribution < 1.29 is 0 Å². The number of nitrogens with one attached hydrogen (secondary N) is 2. The molecule has 112 valence electrons. The van der Waals surface area contributed by atoms with Crippen molar-refractivity contribution in [3.05, 3.63) is 41.2 Å². The maximum atomic E-state index is 5.89. The lowest BCUT2D eigenvalue weighted by atomic mass is 9.95. The molecule has 1 aromatic heterocycles. The van der Waals surface area contributed by atoms with Gasteiger partial charge in [0.15, 0.2) is 0 Å². The lowest BCUT2D eigenvalue weighted by Gasteiger charge is -2.26. The molecule has 2 aromatic rings. The van der Waals surface area contributed by atoms with Crippen LogP contribution in [-0.4, -0.2) is 27.5 Å². The molecule has 0 atom stereocenters. The van der Waals surface area contributed by atoms with Gasteiger partial charge in [-0.25, -0.2) is 0 Å². The second kappa shape index (κ2) is 6.72. The molecule has 0 bridgehead atoms. The summed E-state index contributed by atoms with van der Waals surface area (Å²) in [5.41, 5.74) is 1.17. The molecular formula is C15H20ClN5. The lowest BCUT2D eigenvalue weighted by molar-refractivity contribution is 0.514. The van der Waals surface area contributed by atoms with E-state index in [9.17, 15) is 0 Å². The van der Waals surface area contributed by atoms with E-state index >= 15 is 0 Å². The van der Waals surface area contributed by atoms with Gasteiger partial charge in [-0.2, -0.15) is 15.0 Å². The molecule has 0 amide bonds. The van der Waals surface area contributed by atoms with E-state index in [1.54, 1.807) is 7.05 Å². The van der Waals surface area contributed by atoms with Crippen molar-refractivity contribution in [3.8, 4) is 0 Å². The van der Waals surface area contributed by atoms with E-state index < -0.39 is 0 Å². The third-order valence-corrected chi connectivity index (χ3v) is 3.33. The third-order valence-electron chi connectivity index (χ3n) is 3.16. The molecule has 0 fully saturated rings. The molecule has 0 spiro atoms. The highest BCUT2D eigenvalue weighted by atomic mass is 35.5. The van der Waals surface area contributed by atoms with Crippen LogP contribution in [0.4, 0.5) is 11.9 Å². The topological polar surface area (TPSA) is 62.7 Å². The largest absolute Gasteiger partial charge is 0.357 e. The summed E-state index contributed by atoms with van der Waals surface area (Å²) in [6.07, 6.45) is 1.94. The number of hydrogen-bond acceptors (Lipinski definition) is 5. The Morgan fingerprint density at radius 1 is 1.05 bits per heavy atom. The van der Waals surface area contributed by atoms with Gasteiger partial charge in [0.1, 0.15) is 0 Å². The first kappa shape index (κ1) is 15.5. The smallest absolute Gasteiger partial charge is 0.229 e. The number of nitrogens with zero attached hydrogens (tertiary/aromatic N) is 3. The van der Waals surface area contributed by atoms with Gasteiger partial charge in [0.25, 0.3) is 0 Å². The van der Waals surface area contributed by atoms with Crippen LogP contribution in [0.25, 0.3) is 0 Å². The van der Waals surface area contributed by atoms with Crippen LogP contribution in [-0.2, 0) is 6.42 Å². The Labute approximate surface area is 130 Å². The first-order valence-electron chi connectivity index (χ1n) is 6.90. The number of anilines is 2. The Hall–Kier alpha value is -1.88. The molecule has 6 heteroatoms. The SMILES string of the molecule is CNc1nc(Cl)nc(NC(C)(C)CCc2ccccc2)n1. The highest BCUT2D eigenvalue weighted by Crippen LogP contribution is 2.19. The summed E-state index contributed by atoms with van der Waals surface area (Å²) in [4.78, 5) is 12.3. The van der Waals surface area contributed by atoms with Gasteiger partial charge >= 0.3 is 0 Å². The molecule has 0 saturated carbocycles. The van der Waals surface area contributed by atoms with E-state index in [-0.39, 0.29) is 10.8 Å². The number of benzene rings is 1. The molecule has 2 rings (SSSR count). The number of rotatable bonds is 6. The quantitative estimate of drug-likeness (QED) is 0.856. The van der Waals surface area contributed by atoms with E-state index in [1.807, 2.05) is 6.07 Å². The molecule has 0 aliphatic carbocycles. The fourth-order valence-corrected chi connectivity index (χ4v) is 2.14. The molecule has 21 heavy (non-hydrogen) atoms. The number of hydrogen-bond donors (Lipinski definition) is 2. The van der Waals surface area contributed by atoms with Crippen molar-refractivity contribution in [1.82, 2.24) is 15.0 Å². The summed E-state index contributed by atoms with van der Waals surface area (Å²) in [7, 11) is 1.75. The van der Waals surface area contributed by atoms with Crippen molar-refractivity contribution in [2.45, 2.75) is 32.2 Å². The van der Waals surface area contributed by atoms with Crippen LogP contribution in [0, 0.1) is 0 Å². The predicted octanol–water partition coefficient (Wildman–Crippen LogP) is 3.39. The monoisotopic (exact) mass is 305 g/mol. The van der Waals surface area contributed by atoms with Crippen LogP contribution in [0.2, 0.25) is 5.28 Å². The molecular weight excluding hydrogens is 286 g/mol. The zero-order chi connectivity index (χ0) is 15.3. The van der Waals surface area contributed by atoms with Crippen molar-refractivity contribution in [2.75, 3.05) is 17.7 Å². The van der Waals surface area contributed by atoms with Crippen LogP contribution >= 0.6 is 11.6 Å². The van der Waals surface area contributed by atoms with E-state index in [2.05, 4.69) is 63.7 Å². The second-order valence-corrected chi connectivity index (χ2v) is 5.83. The minimum Gasteiger partial charge on any atom is -0.357 e. The number of aromatic nitrogens is 3. The molecule has 1 heterocycles. The maximum Gasteiger partial charge on any atom is 0.229 e. The van der Waals surface area contributed by atoms with Gasteiger partial charge in [0.05, 0.1) is 0 Å². The molecule has 0 saturated heterocycles. The van der Waals surface area contributed by atoms with Crippen LogP contribution in [0.5, 0.6) is 0 Å². The normalized spacial score (nSPS) is 11.2. The standard InChI is InChI=1S/C15H20ClN5/c1-15(2,10-9-11-7-5-4-6-8-11)21-14-19-12(16)18-13(17-3)20-14/h4-8H,9-10H2,1-3H3,(H2,17,18,19,20,21). The van der Waals surface area contributed by atoms with Crippen molar-refractivity contribution in [2.24, 2.45) is 0 Å². The summed E-state index contributed by atoms with van der Waals surface area (Å²) < 4.78 is 0. The second-order valence-electron chi connectivity index (χ2n) is 5.50. The Kier molecular flexibility index (Phi) is 4.96. The van der Waals surface area contributed by atoms with Crippen molar-refractivity contribution >= 4 is 23.5 Å². The lowest BCUT2D eigenvalue weighted by Crippen LogP contribution is -2.32. The first-order chi connectivity index (χ1) is 9.98. The minimum absolute atomic E-state index is 0.147. The zero-order valence-electron chi connectivity index (χ0n) is 12.5. The predicted molar refractivity (Wildman–Crippen MR) is 86.8 cm³/mol. The molecule has 5 nitrogen and oxygen atoms in total. The Bertz CT molecular complexity index is 586. The summed E-state index contributed by atoms with van der Waals surface area (Å²) in [6, 6.07) is 10.4. The van der Waals surface area contributed by atoms with Gasteiger partial charge in [0.2, 0.25) is 17.2 Å². The average molecular weight is 306 g/mol. The molecule has 0 aliphatic rings. The number of halogens is 1. The minimum atomic E-state index is -0.147. The summed E-state index contributed by atoms with van der Waals surface area (Å²) in [5, 5.41) is 6.36. The van der Waals surface area contributed by atoms with Crippen molar-refractivity contribution in [3.63, 3.8) is 0 Å². The maximum absolute atomic E-state index is 5.89. The molecule has 0 radical (unpaired) electrons. The Balaban J connectivity index is 2.01.